The van der Waals surface area contributed by atoms with Crippen LogP contribution < -0.4 is 25.8 Å². The van der Waals surface area contributed by atoms with Crippen LogP contribution in [0.25, 0.3) is 0 Å². The predicted molar refractivity (Wildman–Crippen MR) is 153 cm³/mol. The fourth-order valence-electron chi connectivity index (χ4n) is 3.80. The molecule has 0 aromatic heterocycles. The lowest BCUT2D eigenvalue weighted by atomic mass is 10.0. The minimum atomic E-state index is -0.735. The van der Waals surface area contributed by atoms with Crippen LogP contribution in [-0.4, -0.2) is 18.9 Å². The summed E-state index contributed by atoms with van der Waals surface area (Å²) >= 11 is 0. The summed E-state index contributed by atoms with van der Waals surface area (Å²) in [4.78, 5) is 13.5. The molecule has 38 heavy (non-hydrogen) atoms. The molecule has 0 fully saturated rings. The first-order chi connectivity index (χ1) is 18.0. The maximum atomic E-state index is 13.5. The lowest BCUT2D eigenvalue weighted by Gasteiger charge is -2.22. The number of carbonyl (C=O) groups is 1. The van der Waals surface area contributed by atoms with Gasteiger partial charge in [-0.15, -0.1) is 12.4 Å². The monoisotopic (exact) mass is 530 g/mol. The molecular formula is C30H31ClN4O3. The van der Waals surface area contributed by atoms with Crippen LogP contribution in [0.2, 0.25) is 0 Å². The third-order valence-corrected chi connectivity index (χ3v) is 5.80. The number of amides is 1. The second-order valence-corrected chi connectivity index (χ2v) is 8.49. The lowest BCUT2D eigenvalue weighted by molar-refractivity contribution is -0.122. The van der Waals surface area contributed by atoms with Crippen LogP contribution in [-0.2, 0) is 17.9 Å². The van der Waals surface area contributed by atoms with Crippen molar-refractivity contribution in [2.75, 3.05) is 12.4 Å². The fraction of sp³-hybridized carbons (Fsp3) is 0.133. The number of carbonyl (C=O) groups excluding carboxylic acids is 1. The number of methoxy groups -OCH3 is 1. The molecule has 0 heterocycles. The van der Waals surface area contributed by atoms with E-state index in [2.05, 4.69) is 10.6 Å². The van der Waals surface area contributed by atoms with E-state index in [1.165, 1.54) is 0 Å². The maximum absolute atomic E-state index is 13.5. The SMILES string of the molecule is COc1cc(OCc2ccccc2)cc(C(Nc2ccc(C(=N)N)cc2)C(=O)NCc2ccccc2)c1.Cl. The topological polar surface area (TPSA) is 109 Å². The van der Waals surface area contributed by atoms with Gasteiger partial charge in [-0.1, -0.05) is 60.7 Å². The van der Waals surface area contributed by atoms with Crippen molar-refractivity contribution in [3.8, 4) is 11.5 Å². The van der Waals surface area contributed by atoms with Crippen molar-refractivity contribution in [3.05, 3.63) is 125 Å². The molecule has 4 aromatic carbocycles. The van der Waals surface area contributed by atoms with E-state index >= 15 is 0 Å². The van der Waals surface area contributed by atoms with Crippen molar-refractivity contribution < 1.29 is 14.3 Å². The number of halogens is 1. The molecule has 0 saturated carbocycles. The zero-order valence-electron chi connectivity index (χ0n) is 21.0. The molecule has 0 aliphatic carbocycles. The van der Waals surface area contributed by atoms with Gasteiger partial charge in [-0.25, -0.2) is 0 Å². The van der Waals surface area contributed by atoms with Gasteiger partial charge in [0.15, 0.2) is 0 Å². The highest BCUT2D eigenvalue weighted by molar-refractivity contribution is 5.95. The summed E-state index contributed by atoms with van der Waals surface area (Å²) in [6.45, 7) is 0.778. The molecular weight excluding hydrogens is 500 g/mol. The molecule has 0 spiro atoms. The Morgan fingerprint density at radius 2 is 1.47 bits per heavy atom. The standard InChI is InChI=1S/C30H30N4O3.ClH/c1-36-26-16-24(17-27(18-26)37-20-22-10-6-3-7-11-22)28(30(35)33-19-21-8-4-2-5-9-21)34-25-14-12-23(13-15-25)29(31)32;/h2-18,28,34H,19-20H2,1H3,(H3,31,32)(H,33,35);1H. The van der Waals surface area contributed by atoms with Crippen LogP contribution >= 0.6 is 12.4 Å². The van der Waals surface area contributed by atoms with E-state index in [0.29, 0.717) is 41.5 Å². The van der Waals surface area contributed by atoms with Gasteiger partial charge in [0.25, 0.3) is 0 Å². The molecule has 1 unspecified atom stereocenters. The highest BCUT2D eigenvalue weighted by atomic mass is 35.5. The van der Waals surface area contributed by atoms with Gasteiger partial charge in [-0.3, -0.25) is 10.2 Å². The number of anilines is 1. The summed E-state index contributed by atoms with van der Waals surface area (Å²) < 4.78 is 11.6. The highest BCUT2D eigenvalue weighted by Crippen LogP contribution is 2.30. The van der Waals surface area contributed by atoms with E-state index in [9.17, 15) is 4.79 Å². The zero-order valence-corrected chi connectivity index (χ0v) is 21.8. The number of nitrogen functional groups attached to an aromatic ring is 1. The van der Waals surface area contributed by atoms with E-state index < -0.39 is 6.04 Å². The van der Waals surface area contributed by atoms with Crippen molar-refractivity contribution >= 4 is 29.8 Å². The number of rotatable bonds is 11. The Bertz CT molecular complexity index is 1330. The third kappa shape index (κ3) is 7.75. The Morgan fingerprint density at radius 1 is 0.868 bits per heavy atom. The molecule has 0 aliphatic heterocycles. The normalized spacial score (nSPS) is 11.0. The Balaban J connectivity index is 0.00000400. The Kier molecular flexibility index (Phi) is 10.1. The largest absolute Gasteiger partial charge is 0.497 e. The molecule has 1 atom stereocenters. The van der Waals surface area contributed by atoms with Crippen molar-refractivity contribution in [1.82, 2.24) is 5.32 Å². The van der Waals surface area contributed by atoms with Crippen molar-refractivity contribution in [1.29, 1.82) is 5.41 Å². The number of benzene rings is 4. The first-order valence-electron chi connectivity index (χ1n) is 11.9. The average Bonchev–Trinajstić information content (AvgIpc) is 2.94. The van der Waals surface area contributed by atoms with Gasteiger partial charge in [0.2, 0.25) is 5.91 Å². The number of ether oxygens (including phenoxy) is 2. The first kappa shape index (κ1) is 28.1. The quantitative estimate of drug-likeness (QED) is 0.152. The van der Waals surface area contributed by atoms with Gasteiger partial charge in [-0.2, -0.15) is 0 Å². The molecule has 0 aliphatic rings. The Labute approximate surface area is 228 Å². The summed E-state index contributed by atoms with van der Waals surface area (Å²) in [5.74, 6) is 0.946. The van der Waals surface area contributed by atoms with Gasteiger partial charge in [0, 0.05) is 23.9 Å². The summed E-state index contributed by atoms with van der Waals surface area (Å²) in [6.07, 6.45) is 0. The van der Waals surface area contributed by atoms with Gasteiger partial charge >= 0.3 is 0 Å². The van der Waals surface area contributed by atoms with Crippen LogP contribution in [0.5, 0.6) is 11.5 Å². The van der Waals surface area contributed by atoms with Crippen LogP contribution in [0.1, 0.15) is 28.3 Å². The fourth-order valence-corrected chi connectivity index (χ4v) is 3.80. The third-order valence-electron chi connectivity index (χ3n) is 5.80. The van der Waals surface area contributed by atoms with Crippen LogP contribution in [0, 0.1) is 5.41 Å². The second kappa shape index (κ2) is 13.7. The molecule has 4 rings (SSSR count). The maximum Gasteiger partial charge on any atom is 0.247 e. The molecule has 1 amide bonds. The van der Waals surface area contributed by atoms with Crippen molar-refractivity contribution in [2.45, 2.75) is 19.2 Å². The molecule has 0 radical (unpaired) electrons. The van der Waals surface area contributed by atoms with Gasteiger partial charge in [0.05, 0.1) is 7.11 Å². The van der Waals surface area contributed by atoms with E-state index in [1.807, 2.05) is 72.8 Å². The average molecular weight is 531 g/mol. The number of hydrogen-bond acceptors (Lipinski definition) is 5. The Hall–Kier alpha value is -4.49. The van der Waals surface area contributed by atoms with Gasteiger partial charge in [0.1, 0.15) is 30.0 Å². The van der Waals surface area contributed by atoms with E-state index in [4.69, 9.17) is 20.6 Å². The summed E-state index contributed by atoms with van der Waals surface area (Å²) in [5, 5.41) is 14.0. The van der Waals surface area contributed by atoms with Gasteiger partial charge in [-0.05, 0) is 53.1 Å². The smallest absolute Gasteiger partial charge is 0.247 e. The van der Waals surface area contributed by atoms with Crippen molar-refractivity contribution in [2.24, 2.45) is 5.73 Å². The number of amidine groups is 1. The molecule has 0 bridgehead atoms. The van der Waals surface area contributed by atoms with Crippen molar-refractivity contribution in [3.63, 3.8) is 0 Å². The first-order valence-corrected chi connectivity index (χ1v) is 11.9. The number of nitrogens with two attached hydrogens (primary N) is 1. The molecule has 196 valence electrons. The minimum absolute atomic E-state index is 0. The Morgan fingerprint density at radius 3 is 2.08 bits per heavy atom. The van der Waals surface area contributed by atoms with Crippen LogP contribution in [0.15, 0.2) is 103 Å². The molecule has 8 heteroatoms. The molecule has 5 N–H and O–H groups in total. The summed E-state index contributed by atoms with van der Waals surface area (Å²) in [6, 6.07) is 31.4. The predicted octanol–water partition coefficient (Wildman–Crippen LogP) is 5.45. The van der Waals surface area contributed by atoms with Gasteiger partial charge < -0.3 is 25.8 Å². The van der Waals surface area contributed by atoms with E-state index in [0.717, 1.165) is 11.1 Å². The zero-order chi connectivity index (χ0) is 26.0. The molecule has 0 saturated heterocycles. The summed E-state index contributed by atoms with van der Waals surface area (Å²) in [5.41, 5.74) is 9.62. The van der Waals surface area contributed by atoms with Crippen LogP contribution in [0.4, 0.5) is 5.69 Å². The summed E-state index contributed by atoms with van der Waals surface area (Å²) in [7, 11) is 1.58. The van der Waals surface area contributed by atoms with E-state index in [-0.39, 0.29) is 24.1 Å². The molecule has 4 aromatic rings. The highest BCUT2D eigenvalue weighted by Gasteiger charge is 2.22. The van der Waals surface area contributed by atoms with Crippen LogP contribution in [0.3, 0.4) is 0 Å². The van der Waals surface area contributed by atoms with E-state index in [1.54, 1.807) is 37.4 Å². The second-order valence-electron chi connectivity index (χ2n) is 8.49. The molecule has 7 nitrogen and oxygen atoms in total. The number of hydrogen-bond donors (Lipinski definition) is 4. The minimum Gasteiger partial charge on any atom is -0.497 e. The number of nitrogens with one attached hydrogen (secondary N) is 3. The lowest BCUT2D eigenvalue weighted by Crippen LogP contribution is -2.33.